The fraction of sp³-hybridized carbons (Fsp3) is 0. The van der Waals surface area contributed by atoms with Crippen molar-refractivity contribution in [1.29, 1.82) is 5.26 Å². The summed E-state index contributed by atoms with van der Waals surface area (Å²) in [6.45, 7) is 0. The van der Waals surface area contributed by atoms with E-state index < -0.39 is 0 Å². The molecule has 0 unspecified atom stereocenters. The monoisotopic (exact) mass is 380 g/mol. The number of rotatable bonds is 1. The Balaban J connectivity index is 2.41. The Hall–Kier alpha value is -1.74. The third-order valence-corrected chi connectivity index (χ3v) is 4.26. The average molecular weight is 382 g/mol. The molecule has 2 aromatic carbocycles. The zero-order valence-corrected chi connectivity index (χ0v) is 13.5. The minimum absolute atomic E-state index is 0.262. The van der Waals surface area contributed by atoms with Crippen LogP contribution in [-0.2, 0) is 0 Å². The van der Waals surface area contributed by atoms with Gasteiger partial charge in [0.05, 0.1) is 32.3 Å². The summed E-state index contributed by atoms with van der Waals surface area (Å²) in [4.78, 5) is 4.27. The van der Waals surface area contributed by atoms with E-state index in [1.807, 2.05) is 0 Å². The van der Waals surface area contributed by atoms with Gasteiger partial charge in [-0.1, -0.05) is 39.1 Å². The quantitative estimate of drug-likeness (QED) is 0.672. The Morgan fingerprint density at radius 2 is 1.90 bits per heavy atom. The highest BCUT2D eigenvalue weighted by Gasteiger charge is 2.15. The van der Waals surface area contributed by atoms with E-state index in [0.29, 0.717) is 32.3 Å². The highest BCUT2D eigenvalue weighted by molar-refractivity contribution is 9.10. The number of nitriles is 1. The molecule has 104 valence electrons. The number of hydrogen-bond donors (Lipinski definition) is 1. The number of nitrogens with zero attached hydrogens (tertiary/aromatic N) is 3. The van der Waals surface area contributed by atoms with Crippen molar-refractivity contribution < 1.29 is 0 Å². The zero-order valence-electron chi connectivity index (χ0n) is 10.4. The van der Waals surface area contributed by atoms with Gasteiger partial charge in [0.2, 0.25) is 5.95 Å². The number of fused-ring (bicyclic) bond motifs is 1. The minimum Gasteiger partial charge on any atom is -0.369 e. The molecule has 3 rings (SSSR count). The highest BCUT2D eigenvalue weighted by Crippen LogP contribution is 2.32. The molecule has 0 fully saturated rings. The number of imidazole rings is 1. The van der Waals surface area contributed by atoms with Gasteiger partial charge in [0.1, 0.15) is 6.07 Å². The van der Waals surface area contributed by atoms with Gasteiger partial charge in [-0.15, -0.1) is 0 Å². The molecule has 0 saturated heterocycles. The van der Waals surface area contributed by atoms with Gasteiger partial charge in [0.15, 0.2) is 0 Å². The van der Waals surface area contributed by atoms with Crippen LogP contribution in [0.1, 0.15) is 5.56 Å². The maximum Gasteiger partial charge on any atom is 0.205 e. The maximum absolute atomic E-state index is 9.28. The summed E-state index contributed by atoms with van der Waals surface area (Å²) in [5, 5.41) is 10.1. The van der Waals surface area contributed by atoms with Crippen molar-refractivity contribution in [3.63, 3.8) is 0 Å². The number of benzene rings is 2. The van der Waals surface area contributed by atoms with Gasteiger partial charge in [0, 0.05) is 4.47 Å². The van der Waals surface area contributed by atoms with E-state index in [-0.39, 0.29) is 5.95 Å². The van der Waals surface area contributed by atoms with Gasteiger partial charge >= 0.3 is 0 Å². The second-order valence-corrected chi connectivity index (χ2v) is 6.06. The molecule has 0 spiro atoms. The van der Waals surface area contributed by atoms with Gasteiger partial charge in [-0.05, 0) is 30.3 Å². The SMILES string of the molecule is N#Cc1ccc(Br)cc1-n1c(N)nc2cc(Cl)c(Cl)cc21. The van der Waals surface area contributed by atoms with E-state index in [1.165, 1.54) is 0 Å². The Bertz CT molecular complexity index is 911. The summed E-state index contributed by atoms with van der Waals surface area (Å²) in [6.07, 6.45) is 0. The van der Waals surface area contributed by atoms with Crippen LogP contribution in [0.4, 0.5) is 5.95 Å². The summed E-state index contributed by atoms with van der Waals surface area (Å²) in [5.41, 5.74) is 8.42. The van der Waals surface area contributed by atoms with Gasteiger partial charge in [-0.2, -0.15) is 5.26 Å². The van der Waals surface area contributed by atoms with Crippen LogP contribution in [0.15, 0.2) is 34.8 Å². The van der Waals surface area contributed by atoms with Gasteiger partial charge in [-0.3, -0.25) is 4.57 Å². The number of aromatic nitrogens is 2. The first-order valence-corrected chi connectivity index (χ1v) is 7.39. The van der Waals surface area contributed by atoms with E-state index in [0.717, 1.165) is 4.47 Å². The predicted molar refractivity (Wildman–Crippen MR) is 87.9 cm³/mol. The first kappa shape index (κ1) is 14.2. The molecular weight excluding hydrogens is 375 g/mol. The summed E-state index contributed by atoms with van der Waals surface area (Å²) in [5.74, 6) is 0.262. The summed E-state index contributed by atoms with van der Waals surface area (Å²) < 4.78 is 2.51. The molecule has 4 nitrogen and oxygen atoms in total. The Morgan fingerprint density at radius 3 is 2.62 bits per heavy atom. The molecule has 0 atom stereocenters. The second kappa shape index (κ2) is 5.23. The van der Waals surface area contributed by atoms with Crippen LogP contribution in [-0.4, -0.2) is 9.55 Å². The Morgan fingerprint density at radius 1 is 1.19 bits per heavy atom. The number of anilines is 1. The lowest BCUT2D eigenvalue weighted by Gasteiger charge is -2.09. The van der Waals surface area contributed by atoms with Gasteiger partial charge in [-0.25, -0.2) is 4.98 Å². The van der Waals surface area contributed by atoms with Crippen molar-refractivity contribution in [3.05, 3.63) is 50.4 Å². The van der Waals surface area contributed by atoms with Crippen molar-refractivity contribution in [1.82, 2.24) is 9.55 Å². The predicted octanol–water partition coefficient (Wildman–Crippen LogP) is 4.55. The van der Waals surface area contributed by atoms with Crippen LogP contribution in [0.25, 0.3) is 16.7 Å². The number of halogens is 3. The zero-order chi connectivity index (χ0) is 15.1. The smallest absolute Gasteiger partial charge is 0.205 e. The third-order valence-electron chi connectivity index (χ3n) is 3.04. The molecule has 0 aliphatic carbocycles. The molecule has 0 aliphatic heterocycles. The number of nitrogens with two attached hydrogens (primary N) is 1. The van der Waals surface area contributed by atoms with Crippen molar-refractivity contribution in [2.24, 2.45) is 0 Å². The first-order valence-electron chi connectivity index (χ1n) is 5.84. The average Bonchev–Trinajstić information content (AvgIpc) is 2.74. The molecule has 0 aliphatic rings. The molecule has 0 bridgehead atoms. The van der Waals surface area contributed by atoms with E-state index in [9.17, 15) is 5.26 Å². The first-order chi connectivity index (χ1) is 10.0. The molecule has 7 heteroatoms. The van der Waals surface area contributed by atoms with Crippen molar-refractivity contribution in [2.75, 3.05) is 5.73 Å². The molecule has 1 aromatic heterocycles. The molecule has 2 N–H and O–H groups in total. The lowest BCUT2D eigenvalue weighted by atomic mass is 10.2. The van der Waals surface area contributed by atoms with E-state index in [1.54, 1.807) is 34.9 Å². The van der Waals surface area contributed by atoms with Crippen molar-refractivity contribution in [2.45, 2.75) is 0 Å². The lowest BCUT2D eigenvalue weighted by molar-refractivity contribution is 1.10. The highest BCUT2D eigenvalue weighted by atomic mass is 79.9. The van der Waals surface area contributed by atoms with Crippen LogP contribution in [0.5, 0.6) is 0 Å². The van der Waals surface area contributed by atoms with E-state index >= 15 is 0 Å². The van der Waals surface area contributed by atoms with Crippen molar-refractivity contribution in [3.8, 4) is 11.8 Å². The number of nitrogen functional groups attached to an aromatic ring is 1. The third kappa shape index (κ3) is 2.36. The Kier molecular flexibility index (Phi) is 3.54. The van der Waals surface area contributed by atoms with Crippen LogP contribution >= 0.6 is 39.1 Å². The largest absolute Gasteiger partial charge is 0.369 e. The van der Waals surface area contributed by atoms with Crippen LogP contribution in [0, 0.1) is 11.3 Å². The molecular formula is C14H7BrCl2N4. The van der Waals surface area contributed by atoms with Gasteiger partial charge < -0.3 is 5.73 Å². The van der Waals surface area contributed by atoms with Crippen LogP contribution in [0.2, 0.25) is 10.0 Å². The van der Waals surface area contributed by atoms with Crippen LogP contribution in [0.3, 0.4) is 0 Å². The normalized spacial score (nSPS) is 10.8. The number of hydrogen-bond acceptors (Lipinski definition) is 3. The summed E-state index contributed by atoms with van der Waals surface area (Å²) in [7, 11) is 0. The van der Waals surface area contributed by atoms with E-state index in [4.69, 9.17) is 28.9 Å². The van der Waals surface area contributed by atoms with Crippen LogP contribution < -0.4 is 5.73 Å². The summed E-state index contributed by atoms with van der Waals surface area (Å²) in [6, 6.07) is 10.8. The Labute approximate surface area is 138 Å². The minimum atomic E-state index is 0.262. The van der Waals surface area contributed by atoms with Crippen molar-refractivity contribution >= 4 is 56.1 Å². The lowest BCUT2D eigenvalue weighted by Crippen LogP contribution is -2.03. The second-order valence-electron chi connectivity index (χ2n) is 4.33. The summed E-state index contributed by atoms with van der Waals surface area (Å²) >= 11 is 15.5. The standard InChI is InChI=1S/C14H7BrCl2N4/c15-8-2-1-7(6-18)12(3-8)21-13-5-10(17)9(16)4-11(13)20-14(21)19/h1-5H,(H2,19,20). The topological polar surface area (TPSA) is 67.6 Å². The molecule has 0 radical (unpaired) electrons. The van der Waals surface area contributed by atoms with E-state index in [2.05, 4.69) is 27.0 Å². The molecule has 1 heterocycles. The van der Waals surface area contributed by atoms with Gasteiger partial charge in [0.25, 0.3) is 0 Å². The molecule has 0 saturated carbocycles. The fourth-order valence-electron chi connectivity index (χ4n) is 2.13. The maximum atomic E-state index is 9.28. The fourth-order valence-corrected chi connectivity index (χ4v) is 2.79. The molecule has 21 heavy (non-hydrogen) atoms. The molecule has 0 amide bonds. The molecule has 3 aromatic rings.